The number of hydrogen-bond acceptors (Lipinski definition) is 3. The minimum absolute atomic E-state index is 0.00467. The predicted octanol–water partition coefficient (Wildman–Crippen LogP) is 2.22. The van der Waals surface area contributed by atoms with Gasteiger partial charge in [0.05, 0.1) is 0 Å². The van der Waals surface area contributed by atoms with E-state index >= 15 is 0 Å². The molecule has 0 spiro atoms. The molecule has 1 atom stereocenters. The lowest BCUT2D eigenvalue weighted by atomic mass is 10.1. The van der Waals surface area contributed by atoms with Crippen LogP contribution in [0.3, 0.4) is 0 Å². The van der Waals surface area contributed by atoms with Crippen molar-refractivity contribution in [3.8, 4) is 0 Å². The second-order valence-electron chi connectivity index (χ2n) is 5.20. The fourth-order valence-electron chi connectivity index (χ4n) is 2.80. The van der Waals surface area contributed by atoms with Crippen molar-refractivity contribution in [1.82, 2.24) is 10.2 Å². The SMILES string of the molecule is CCN1CCCC1CNC(=O)c1cc(F)c(NC)c(F)c1. The molecule has 4 nitrogen and oxygen atoms in total. The van der Waals surface area contributed by atoms with Gasteiger partial charge in [0.2, 0.25) is 0 Å². The highest BCUT2D eigenvalue weighted by Crippen LogP contribution is 2.20. The Morgan fingerprint density at radius 3 is 2.62 bits per heavy atom. The van der Waals surface area contributed by atoms with E-state index in [1.807, 2.05) is 0 Å². The van der Waals surface area contributed by atoms with Crippen LogP contribution >= 0.6 is 0 Å². The van der Waals surface area contributed by atoms with Crippen LogP contribution in [0, 0.1) is 11.6 Å². The Bertz CT molecular complexity index is 499. The smallest absolute Gasteiger partial charge is 0.251 e. The van der Waals surface area contributed by atoms with Crippen LogP contribution in [0.1, 0.15) is 30.1 Å². The van der Waals surface area contributed by atoms with Crippen LogP contribution in [0.25, 0.3) is 0 Å². The number of rotatable bonds is 5. The summed E-state index contributed by atoms with van der Waals surface area (Å²) in [4.78, 5) is 14.3. The Morgan fingerprint density at radius 1 is 1.38 bits per heavy atom. The molecule has 1 heterocycles. The molecule has 1 aromatic carbocycles. The fourth-order valence-corrected chi connectivity index (χ4v) is 2.80. The first-order chi connectivity index (χ1) is 10.1. The molecule has 116 valence electrons. The summed E-state index contributed by atoms with van der Waals surface area (Å²) >= 11 is 0. The normalized spacial score (nSPS) is 18.8. The standard InChI is InChI=1S/C15H21F2N3O/c1-3-20-6-4-5-11(20)9-19-15(21)10-7-12(16)14(18-2)13(17)8-10/h7-8,11,18H,3-6,9H2,1-2H3,(H,19,21). The highest BCUT2D eigenvalue weighted by atomic mass is 19.1. The Morgan fingerprint density at radius 2 is 2.05 bits per heavy atom. The summed E-state index contributed by atoms with van der Waals surface area (Å²) in [5.74, 6) is -1.98. The lowest BCUT2D eigenvalue weighted by Gasteiger charge is -2.22. The van der Waals surface area contributed by atoms with Crippen molar-refractivity contribution < 1.29 is 13.6 Å². The second kappa shape index (κ2) is 6.85. The molecule has 2 N–H and O–H groups in total. The van der Waals surface area contributed by atoms with Gasteiger partial charge in [-0.2, -0.15) is 0 Å². The number of amides is 1. The van der Waals surface area contributed by atoms with Crippen molar-refractivity contribution in [3.63, 3.8) is 0 Å². The summed E-state index contributed by atoms with van der Waals surface area (Å²) in [6.07, 6.45) is 2.16. The topological polar surface area (TPSA) is 44.4 Å². The number of likely N-dealkylation sites (N-methyl/N-ethyl adjacent to an activating group) is 1. The summed E-state index contributed by atoms with van der Waals surface area (Å²) in [6, 6.07) is 2.41. The fraction of sp³-hybridized carbons (Fsp3) is 0.533. The third kappa shape index (κ3) is 3.50. The first kappa shape index (κ1) is 15.7. The molecule has 6 heteroatoms. The van der Waals surface area contributed by atoms with Gasteiger partial charge in [0.15, 0.2) is 0 Å². The van der Waals surface area contributed by atoms with E-state index < -0.39 is 17.5 Å². The Balaban J connectivity index is 2.00. The van der Waals surface area contributed by atoms with Crippen molar-refractivity contribution in [2.24, 2.45) is 0 Å². The van der Waals surface area contributed by atoms with Crippen molar-refractivity contribution >= 4 is 11.6 Å². The van der Waals surface area contributed by atoms with E-state index in [0.717, 1.165) is 38.1 Å². The molecule has 1 saturated heterocycles. The highest BCUT2D eigenvalue weighted by molar-refractivity contribution is 5.94. The zero-order valence-electron chi connectivity index (χ0n) is 12.4. The largest absolute Gasteiger partial charge is 0.383 e. The number of hydrogen-bond donors (Lipinski definition) is 2. The Hall–Kier alpha value is -1.69. The third-order valence-electron chi connectivity index (χ3n) is 3.96. The average Bonchev–Trinajstić information content (AvgIpc) is 2.91. The molecule has 2 rings (SSSR count). The molecule has 1 aromatic rings. The molecule has 0 aliphatic carbocycles. The number of nitrogens with zero attached hydrogens (tertiary/aromatic N) is 1. The summed E-state index contributed by atoms with van der Waals surface area (Å²) in [7, 11) is 1.43. The van der Waals surface area contributed by atoms with E-state index in [0.29, 0.717) is 12.6 Å². The van der Waals surface area contributed by atoms with Crippen LogP contribution in [0.4, 0.5) is 14.5 Å². The molecule has 1 aliphatic heterocycles. The second-order valence-corrected chi connectivity index (χ2v) is 5.20. The van der Waals surface area contributed by atoms with Crippen LogP contribution in [0.5, 0.6) is 0 Å². The number of carbonyl (C=O) groups is 1. The molecule has 21 heavy (non-hydrogen) atoms. The van der Waals surface area contributed by atoms with Gasteiger partial charge in [-0.3, -0.25) is 9.69 Å². The summed E-state index contributed by atoms with van der Waals surface area (Å²) in [6.45, 7) is 4.57. The Labute approximate surface area is 123 Å². The van der Waals surface area contributed by atoms with E-state index in [1.54, 1.807) is 0 Å². The average molecular weight is 297 g/mol. The van der Waals surface area contributed by atoms with Gasteiger partial charge >= 0.3 is 0 Å². The molecule has 1 aliphatic rings. The van der Waals surface area contributed by atoms with Crippen molar-refractivity contribution in [1.29, 1.82) is 0 Å². The highest BCUT2D eigenvalue weighted by Gasteiger charge is 2.23. The maximum absolute atomic E-state index is 13.6. The number of likely N-dealkylation sites (tertiary alicyclic amines) is 1. The zero-order valence-corrected chi connectivity index (χ0v) is 12.4. The van der Waals surface area contributed by atoms with Gasteiger partial charge in [-0.05, 0) is 38.1 Å². The van der Waals surface area contributed by atoms with Crippen LogP contribution < -0.4 is 10.6 Å². The molecule has 0 saturated carbocycles. The van der Waals surface area contributed by atoms with E-state index in [-0.39, 0.29) is 11.3 Å². The van der Waals surface area contributed by atoms with Crippen molar-refractivity contribution in [3.05, 3.63) is 29.3 Å². The molecule has 1 unspecified atom stereocenters. The third-order valence-corrected chi connectivity index (χ3v) is 3.96. The Kier molecular flexibility index (Phi) is 5.12. The molecule has 0 aromatic heterocycles. The summed E-state index contributed by atoms with van der Waals surface area (Å²) < 4.78 is 27.3. The van der Waals surface area contributed by atoms with E-state index in [2.05, 4.69) is 22.5 Å². The van der Waals surface area contributed by atoms with Crippen LogP contribution in [0.2, 0.25) is 0 Å². The van der Waals surface area contributed by atoms with Gasteiger partial charge < -0.3 is 10.6 Å². The van der Waals surface area contributed by atoms with Gasteiger partial charge in [0.25, 0.3) is 5.91 Å². The number of carbonyl (C=O) groups excluding carboxylic acids is 1. The van der Waals surface area contributed by atoms with Crippen LogP contribution in [0.15, 0.2) is 12.1 Å². The minimum atomic E-state index is -0.765. The quantitative estimate of drug-likeness (QED) is 0.876. The van der Waals surface area contributed by atoms with Crippen LogP contribution in [-0.2, 0) is 0 Å². The van der Waals surface area contributed by atoms with Crippen molar-refractivity contribution in [2.45, 2.75) is 25.8 Å². The number of nitrogens with one attached hydrogen (secondary N) is 2. The number of anilines is 1. The zero-order chi connectivity index (χ0) is 15.4. The van der Waals surface area contributed by atoms with E-state index in [9.17, 15) is 13.6 Å². The van der Waals surface area contributed by atoms with Gasteiger partial charge in [-0.1, -0.05) is 6.92 Å². The lowest BCUT2D eigenvalue weighted by molar-refractivity contribution is 0.0940. The maximum atomic E-state index is 13.6. The molecular formula is C15H21F2N3O. The maximum Gasteiger partial charge on any atom is 0.251 e. The molecule has 0 bridgehead atoms. The molecular weight excluding hydrogens is 276 g/mol. The van der Waals surface area contributed by atoms with Gasteiger partial charge in [-0.15, -0.1) is 0 Å². The number of benzene rings is 1. The summed E-state index contributed by atoms with van der Waals surface area (Å²) in [5.41, 5.74) is -0.218. The first-order valence-corrected chi connectivity index (χ1v) is 7.25. The lowest BCUT2D eigenvalue weighted by Crippen LogP contribution is -2.40. The van der Waals surface area contributed by atoms with Gasteiger partial charge in [0.1, 0.15) is 17.3 Å². The van der Waals surface area contributed by atoms with Crippen molar-refractivity contribution in [2.75, 3.05) is 32.0 Å². The van der Waals surface area contributed by atoms with E-state index in [1.165, 1.54) is 7.05 Å². The predicted molar refractivity (Wildman–Crippen MR) is 78.5 cm³/mol. The minimum Gasteiger partial charge on any atom is -0.383 e. The summed E-state index contributed by atoms with van der Waals surface area (Å²) in [5, 5.41) is 5.19. The van der Waals surface area contributed by atoms with Gasteiger partial charge in [0, 0.05) is 25.2 Å². The molecule has 0 radical (unpaired) electrons. The van der Waals surface area contributed by atoms with E-state index in [4.69, 9.17) is 0 Å². The monoisotopic (exact) mass is 297 g/mol. The molecule has 1 amide bonds. The number of halogens is 2. The van der Waals surface area contributed by atoms with Gasteiger partial charge in [-0.25, -0.2) is 8.78 Å². The first-order valence-electron chi connectivity index (χ1n) is 7.25. The van der Waals surface area contributed by atoms with Crippen LogP contribution in [-0.4, -0.2) is 43.5 Å². The molecule has 1 fully saturated rings.